The van der Waals surface area contributed by atoms with Crippen LogP contribution in [0.2, 0.25) is 0 Å². The number of fused-ring (bicyclic) bond motifs is 2. The molecule has 3 rings (SSSR count). The average Bonchev–Trinajstić information content (AvgIpc) is 2.32. The Kier molecular flexibility index (Phi) is 3.55. The van der Waals surface area contributed by atoms with Crippen LogP contribution in [-0.2, 0) is 16.7 Å². The van der Waals surface area contributed by atoms with Crippen LogP contribution in [0.4, 0.5) is 4.79 Å². The maximum Gasteiger partial charge on any atom is 0.410 e. The largest absolute Gasteiger partial charge is 0.444 e. The molecule has 0 aromatic heterocycles. The first-order valence-corrected chi connectivity index (χ1v) is 8.35. The molecule has 1 aromatic rings. The van der Waals surface area contributed by atoms with E-state index in [2.05, 4.69) is 34.1 Å². The van der Waals surface area contributed by atoms with Crippen molar-refractivity contribution in [3.8, 4) is 0 Å². The maximum absolute atomic E-state index is 12.4. The van der Waals surface area contributed by atoms with Gasteiger partial charge in [0.2, 0.25) is 0 Å². The molecule has 1 aliphatic heterocycles. The van der Waals surface area contributed by atoms with Crippen molar-refractivity contribution in [2.24, 2.45) is 0 Å². The van der Waals surface area contributed by atoms with Gasteiger partial charge in [-0.25, -0.2) is 4.79 Å². The van der Waals surface area contributed by atoms with E-state index >= 15 is 0 Å². The van der Waals surface area contributed by atoms with Gasteiger partial charge in [-0.1, -0.05) is 28.4 Å². The molecule has 0 N–H and O–H groups in total. The lowest BCUT2D eigenvalue weighted by Gasteiger charge is -2.49. The van der Waals surface area contributed by atoms with E-state index in [9.17, 15) is 4.79 Å². The molecule has 1 heterocycles. The van der Waals surface area contributed by atoms with Crippen molar-refractivity contribution in [2.75, 3.05) is 6.54 Å². The van der Waals surface area contributed by atoms with Crippen LogP contribution in [-0.4, -0.2) is 23.1 Å². The molecule has 0 bridgehead atoms. The number of nitrogens with zero attached hydrogens (tertiary/aromatic N) is 1. The second kappa shape index (κ2) is 5.01. The SMILES string of the molecule is CC(C)(C)OC(=O)N1Cc2cc(Br)ccc2C2(CCC2)C1. The standard InChI is InChI=1S/C17H22BrNO2/c1-16(2,3)21-15(20)19-10-12-9-13(18)5-6-14(12)17(11-19)7-4-8-17/h5-6,9H,4,7-8,10-11H2,1-3H3. The molecular weight excluding hydrogens is 330 g/mol. The molecule has 1 spiro atoms. The highest BCUT2D eigenvalue weighted by Crippen LogP contribution is 2.48. The number of rotatable bonds is 0. The van der Waals surface area contributed by atoms with Crippen molar-refractivity contribution < 1.29 is 9.53 Å². The first-order chi connectivity index (χ1) is 9.79. The van der Waals surface area contributed by atoms with Gasteiger partial charge in [-0.3, -0.25) is 0 Å². The van der Waals surface area contributed by atoms with E-state index in [4.69, 9.17) is 4.74 Å². The van der Waals surface area contributed by atoms with Gasteiger partial charge in [-0.2, -0.15) is 0 Å². The molecular formula is C17H22BrNO2. The summed E-state index contributed by atoms with van der Waals surface area (Å²) < 4.78 is 6.63. The van der Waals surface area contributed by atoms with Crippen LogP contribution in [0.1, 0.15) is 51.2 Å². The number of ether oxygens (including phenoxy) is 1. The Bertz CT molecular complexity index is 573. The molecule has 0 atom stereocenters. The molecule has 114 valence electrons. The Balaban J connectivity index is 1.89. The lowest BCUT2D eigenvalue weighted by molar-refractivity contribution is 0.00982. The van der Waals surface area contributed by atoms with Gasteiger partial charge >= 0.3 is 6.09 Å². The zero-order valence-electron chi connectivity index (χ0n) is 12.9. The summed E-state index contributed by atoms with van der Waals surface area (Å²) in [6.07, 6.45) is 3.39. The van der Waals surface area contributed by atoms with E-state index in [1.165, 1.54) is 30.4 Å². The number of hydrogen-bond acceptors (Lipinski definition) is 2. The van der Waals surface area contributed by atoms with Crippen LogP contribution < -0.4 is 0 Å². The van der Waals surface area contributed by atoms with E-state index < -0.39 is 5.60 Å². The summed E-state index contributed by atoms with van der Waals surface area (Å²) in [5, 5.41) is 0. The number of carbonyl (C=O) groups is 1. The van der Waals surface area contributed by atoms with E-state index in [0.29, 0.717) is 6.54 Å². The highest BCUT2D eigenvalue weighted by molar-refractivity contribution is 9.10. The fraction of sp³-hybridized carbons (Fsp3) is 0.588. The predicted molar refractivity (Wildman–Crippen MR) is 86.3 cm³/mol. The fourth-order valence-electron chi connectivity index (χ4n) is 3.41. The van der Waals surface area contributed by atoms with E-state index in [0.717, 1.165) is 11.0 Å². The number of carbonyl (C=O) groups excluding carboxylic acids is 1. The Morgan fingerprint density at radius 2 is 2.05 bits per heavy atom. The van der Waals surface area contributed by atoms with Crippen molar-refractivity contribution in [3.63, 3.8) is 0 Å². The monoisotopic (exact) mass is 351 g/mol. The zero-order chi connectivity index (χ0) is 15.3. The van der Waals surface area contributed by atoms with Crippen LogP contribution in [0.15, 0.2) is 22.7 Å². The van der Waals surface area contributed by atoms with Crippen molar-refractivity contribution in [2.45, 2.75) is 57.6 Å². The van der Waals surface area contributed by atoms with Crippen LogP contribution in [0.5, 0.6) is 0 Å². The van der Waals surface area contributed by atoms with E-state index in [1.54, 1.807) is 0 Å². The summed E-state index contributed by atoms with van der Waals surface area (Å²) in [5.41, 5.74) is 2.39. The van der Waals surface area contributed by atoms with Crippen molar-refractivity contribution in [1.29, 1.82) is 0 Å². The van der Waals surface area contributed by atoms with Gasteiger partial charge in [-0.05, 0) is 56.9 Å². The summed E-state index contributed by atoms with van der Waals surface area (Å²) in [5.74, 6) is 0. The number of amides is 1. The van der Waals surface area contributed by atoms with Gasteiger partial charge in [0.25, 0.3) is 0 Å². The molecule has 3 nitrogen and oxygen atoms in total. The highest BCUT2D eigenvalue weighted by atomic mass is 79.9. The lowest BCUT2D eigenvalue weighted by Crippen LogP contribution is -2.52. The molecule has 1 aliphatic carbocycles. The summed E-state index contributed by atoms with van der Waals surface area (Å²) in [6, 6.07) is 6.49. The van der Waals surface area contributed by atoms with Gasteiger partial charge in [0.1, 0.15) is 5.60 Å². The highest BCUT2D eigenvalue weighted by Gasteiger charge is 2.45. The predicted octanol–water partition coefficient (Wildman–Crippen LogP) is 4.62. The minimum Gasteiger partial charge on any atom is -0.444 e. The molecule has 0 unspecified atom stereocenters. The normalized spacial score (nSPS) is 19.9. The Labute approximate surface area is 134 Å². The molecule has 21 heavy (non-hydrogen) atoms. The quantitative estimate of drug-likeness (QED) is 0.682. The molecule has 1 saturated carbocycles. The number of benzene rings is 1. The molecule has 0 saturated heterocycles. The smallest absolute Gasteiger partial charge is 0.410 e. The van der Waals surface area contributed by atoms with E-state index in [1.807, 2.05) is 25.7 Å². The second-order valence-electron chi connectivity index (χ2n) is 7.27. The summed E-state index contributed by atoms with van der Waals surface area (Å²) in [7, 11) is 0. The number of halogens is 1. The molecule has 1 aromatic carbocycles. The van der Waals surface area contributed by atoms with Crippen molar-refractivity contribution in [1.82, 2.24) is 4.90 Å². The minimum atomic E-state index is -0.443. The van der Waals surface area contributed by atoms with Crippen LogP contribution in [0, 0.1) is 0 Å². The summed E-state index contributed by atoms with van der Waals surface area (Å²) >= 11 is 3.54. The minimum absolute atomic E-state index is 0.158. The Hall–Kier alpha value is -1.03. The topological polar surface area (TPSA) is 29.5 Å². The molecule has 1 fully saturated rings. The van der Waals surface area contributed by atoms with Crippen LogP contribution in [0.25, 0.3) is 0 Å². The molecule has 4 heteroatoms. The third-order valence-corrected chi connectivity index (χ3v) is 4.95. The van der Waals surface area contributed by atoms with Gasteiger partial charge in [0.15, 0.2) is 0 Å². The van der Waals surface area contributed by atoms with Gasteiger partial charge in [0, 0.05) is 23.0 Å². The molecule has 2 aliphatic rings. The fourth-order valence-corrected chi connectivity index (χ4v) is 3.82. The van der Waals surface area contributed by atoms with Crippen LogP contribution >= 0.6 is 15.9 Å². The Morgan fingerprint density at radius 1 is 1.33 bits per heavy atom. The maximum atomic E-state index is 12.4. The Morgan fingerprint density at radius 3 is 2.62 bits per heavy atom. The second-order valence-corrected chi connectivity index (χ2v) is 8.19. The van der Waals surface area contributed by atoms with Crippen LogP contribution in [0.3, 0.4) is 0 Å². The van der Waals surface area contributed by atoms with Gasteiger partial charge in [-0.15, -0.1) is 0 Å². The summed E-state index contributed by atoms with van der Waals surface area (Å²) in [6.45, 7) is 7.18. The average molecular weight is 352 g/mol. The first kappa shape index (κ1) is 14.9. The van der Waals surface area contributed by atoms with Gasteiger partial charge in [0.05, 0.1) is 0 Å². The first-order valence-electron chi connectivity index (χ1n) is 7.56. The zero-order valence-corrected chi connectivity index (χ0v) is 14.5. The van der Waals surface area contributed by atoms with Crippen molar-refractivity contribution in [3.05, 3.63) is 33.8 Å². The van der Waals surface area contributed by atoms with E-state index in [-0.39, 0.29) is 11.5 Å². The summed E-state index contributed by atoms with van der Waals surface area (Å²) in [4.78, 5) is 14.3. The molecule has 0 radical (unpaired) electrons. The number of hydrogen-bond donors (Lipinski definition) is 0. The third kappa shape index (κ3) is 2.83. The van der Waals surface area contributed by atoms with Gasteiger partial charge < -0.3 is 9.64 Å². The molecule has 1 amide bonds. The third-order valence-electron chi connectivity index (χ3n) is 4.46. The lowest BCUT2D eigenvalue weighted by atomic mass is 9.61. The van der Waals surface area contributed by atoms with Crippen molar-refractivity contribution >= 4 is 22.0 Å².